The molecule has 2 aromatic carbocycles. The molecule has 7 heteroatoms. The molecule has 0 spiro atoms. The monoisotopic (exact) mass is 381 g/mol. The third kappa shape index (κ3) is 3.73. The summed E-state index contributed by atoms with van der Waals surface area (Å²) in [5.74, 6) is -0.316. The van der Waals surface area contributed by atoms with Gasteiger partial charge in [0.2, 0.25) is 5.91 Å². The van der Waals surface area contributed by atoms with E-state index in [0.717, 1.165) is 10.5 Å². The molecular formula is C19H18F3NO2S. The number of nitrogens with one attached hydrogen (secondary N) is 1. The molecule has 2 N–H and O–H groups in total. The second kappa shape index (κ2) is 7.32. The summed E-state index contributed by atoms with van der Waals surface area (Å²) in [6.45, 7) is -0.267. The molecule has 0 radical (unpaired) electrons. The predicted molar refractivity (Wildman–Crippen MR) is 93.8 cm³/mol. The van der Waals surface area contributed by atoms with E-state index >= 15 is 0 Å². The maximum Gasteiger partial charge on any atom is 0.421 e. The van der Waals surface area contributed by atoms with Crippen molar-refractivity contribution < 1.29 is 23.1 Å². The van der Waals surface area contributed by atoms with E-state index < -0.39 is 18.2 Å². The number of hydrogen-bond acceptors (Lipinski definition) is 3. The van der Waals surface area contributed by atoms with Crippen molar-refractivity contribution in [3.8, 4) is 0 Å². The summed E-state index contributed by atoms with van der Waals surface area (Å²) in [6.07, 6.45) is -4.93. The zero-order chi connectivity index (χ0) is 18.8. The van der Waals surface area contributed by atoms with Crippen LogP contribution in [0.1, 0.15) is 17.5 Å². The van der Waals surface area contributed by atoms with E-state index in [0.29, 0.717) is 6.42 Å². The number of alkyl halides is 3. The van der Waals surface area contributed by atoms with Crippen LogP contribution in [0.4, 0.5) is 13.2 Å². The molecule has 2 unspecified atom stereocenters. The van der Waals surface area contributed by atoms with Gasteiger partial charge >= 0.3 is 6.18 Å². The Morgan fingerprint density at radius 3 is 2.42 bits per heavy atom. The number of amides is 1. The molecule has 138 valence electrons. The van der Waals surface area contributed by atoms with Crippen molar-refractivity contribution in [2.75, 3.05) is 6.54 Å². The predicted octanol–water partition coefficient (Wildman–Crippen LogP) is 3.66. The van der Waals surface area contributed by atoms with Gasteiger partial charge in [0.15, 0.2) is 5.60 Å². The van der Waals surface area contributed by atoms with Gasteiger partial charge in [-0.3, -0.25) is 4.79 Å². The average Bonchev–Trinajstić information content (AvgIpc) is 3.05. The van der Waals surface area contributed by atoms with Crippen molar-refractivity contribution in [2.45, 2.75) is 34.8 Å². The second-order valence-corrected chi connectivity index (χ2v) is 7.43. The highest BCUT2D eigenvalue weighted by Gasteiger charge is 2.54. The number of carbonyl (C=O) groups is 1. The molecule has 26 heavy (non-hydrogen) atoms. The number of rotatable bonds is 5. The van der Waals surface area contributed by atoms with E-state index in [4.69, 9.17) is 0 Å². The van der Waals surface area contributed by atoms with Crippen molar-refractivity contribution >= 4 is 17.7 Å². The molecule has 2 aromatic rings. The number of fused-ring (bicyclic) bond motifs is 1. The molecule has 0 fully saturated rings. The van der Waals surface area contributed by atoms with Crippen molar-refractivity contribution in [2.24, 2.45) is 0 Å². The van der Waals surface area contributed by atoms with E-state index in [-0.39, 0.29) is 23.3 Å². The lowest BCUT2D eigenvalue weighted by Gasteiger charge is -2.31. The standard InChI is InChI=1S/C19H18F3NO2S/c20-19(21,22)18(25,14-7-2-1-3-8-14)10-11-23-17(24)16-12-13-6-4-5-9-15(13)26-16/h1-9,16,25H,10-12H2,(H,23,24). The number of hydrogen-bond donors (Lipinski definition) is 2. The minimum atomic E-state index is -4.84. The molecule has 1 amide bonds. The molecule has 1 aliphatic heterocycles. The van der Waals surface area contributed by atoms with Crippen molar-refractivity contribution in [3.05, 3.63) is 65.7 Å². The smallest absolute Gasteiger partial charge is 0.376 e. The molecule has 1 heterocycles. The van der Waals surface area contributed by atoms with Crippen LogP contribution in [0, 0.1) is 0 Å². The first-order chi connectivity index (χ1) is 12.3. The van der Waals surface area contributed by atoms with Crippen LogP contribution in [0.15, 0.2) is 59.5 Å². The van der Waals surface area contributed by atoms with Crippen LogP contribution < -0.4 is 5.32 Å². The first-order valence-electron chi connectivity index (χ1n) is 8.18. The highest BCUT2D eigenvalue weighted by atomic mass is 32.2. The van der Waals surface area contributed by atoms with Crippen LogP contribution in [0.5, 0.6) is 0 Å². The van der Waals surface area contributed by atoms with Crippen LogP contribution in [0.3, 0.4) is 0 Å². The van der Waals surface area contributed by atoms with Crippen molar-refractivity contribution in [1.29, 1.82) is 0 Å². The van der Waals surface area contributed by atoms with Crippen molar-refractivity contribution in [1.82, 2.24) is 5.32 Å². The number of thioether (sulfide) groups is 1. The Kier molecular flexibility index (Phi) is 5.29. The van der Waals surface area contributed by atoms with Crippen LogP contribution in [-0.2, 0) is 16.8 Å². The Morgan fingerprint density at radius 2 is 1.77 bits per heavy atom. The molecule has 0 saturated carbocycles. The van der Waals surface area contributed by atoms with E-state index in [1.165, 1.54) is 36.0 Å². The lowest BCUT2D eigenvalue weighted by atomic mass is 9.89. The van der Waals surface area contributed by atoms with Gasteiger partial charge in [0, 0.05) is 17.9 Å². The number of benzene rings is 2. The topological polar surface area (TPSA) is 49.3 Å². The third-order valence-electron chi connectivity index (χ3n) is 4.45. The van der Waals surface area contributed by atoms with Crippen LogP contribution in [0.2, 0.25) is 0 Å². The number of carbonyl (C=O) groups excluding carboxylic acids is 1. The number of aliphatic hydroxyl groups is 1. The van der Waals surface area contributed by atoms with Gasteiger partial charge in [0.25, 0.3) is 0 Å². The summed E-state index contributed by atoms with van der Waals surface area (Å²) >= 11 is 1.41. The first-order valence-corrected chi connectivity index (χ1v) is 9.06. The summed E-state index contributed by atoms with van der Waals surface area (Å²) in [5.41, 5.74) is -2.16. The summed E-state index contributed by atoms with van der Waals surface area (Å²) < 4.78 is 40.3. The zero-order valence-corrected chi connectivity index (χ0v) is 14.6. The molecule has 0 aromatic heterocycles. The molecule has 2 atom stereocenters. The van der Waals surface area contributed by atoms with Gasteiger partial charge in [-0.15, -0.1) is 11.8 Å². The maximum absolute atomic E-state index is 13.4. The van der Waals surface area contributed by atoms with E-state index in [9.17, 15) is 23.1 Å². The van der Waals surface area contributed by atoms with Gasteiger partial charge < -0.3 is 10.4 Å². The van der Waals surface area contributed by atoms with E-state index in [1.807, 2.05) is 24.3 Å². The van der Waals surface area contributed by atoms with Gasteiger partial charge in [0.05, 0.1) is 5.25 Å². The average molecular weight is 381 g/mol. The highest BCUT2D eigenvalue weighted by molar-refractivity contribution is 8.01. The Labute approximate surface area is 153 Å². The van der Waals surface area contributed by atoms with E-state index in [2.05, 4.69) is 5.32 Å². The summed E-state index contributed by atoms with van der Waals surface area (Å²) in [4.78, 5) is 13.3. The highest BCUT2D eigenvalue weighted by Crippen LogP contribution is 2.41. The maximum atomic E-state index is 13.4. The minimum absolute atomic E-state index is 0.232. The lowest BCUT2D eigenvalue weighted by molar-refractivity contribution is -0.268. The van der Waals surface area contributed by atoms with E-state index in [1.54, 1.807) is 6.07 Å². The van der Waals surface area contributed by atoms with Crippen LogP contribution in [-0.4, -0.2) is 29.0 Å². The minimum Gasteiger partial charge on any atom is -0.376 e. The molecule has 3 rings (SSSR count). The SMILES string of the molecule is O=C(NCCC(O)(c1ccccc1)C(F)(F)F)C1Cc2ccccc2S1. The van der Waals surface area contributed by atoms with Gasteiger partial charge in [-0.1, -0.05) is 48.5 Å². The molecule has 0 aliphatic carbocycles. The quantitative estimate of drug-likeness (QED) is 0.831. The fourth-order valence-corrected chi connectivity index (χ4v) is 4.19. The summed E-state index contributed by atoms with van der Waals surface area (Å²) in [5, 5.41) is 12.4. The molecular weight excluding hydrogens is 363 g/mol. The first kappa shape index (κ1) is 18.8. The van der Waals surface area contributed by atoms with Gasteiger partial charge in [-0.25, -0.2) is 0 Å². The number of halogens is 3. The summed E-state index contributed by atoms with van der Waals surface area (Å²) in [6, 6.07) is 14.6. The fourth-order valence-electron chi connectivity index (χ4n) is 2.97. The van der Waals surface area contributed by atoms with Crippen LogP contribution in [0.25, 0.3) is 0 Å². The fraction of sp³-hybridized carbons (Fsp3) is 0.316. The molecule has 3 nitrogen and oxygen atoms in total. The van der Waals surface area contributed by atoms with Gasteiger partial charge in [0.1, 0.15) is 0 Å². The van der Waals surface area contributed by atoms with Gasteiger partial charge in [-0.2, -0.15) is 13.2 Å². The Hall–Kier alpha value is -1.99. The molecule has 0 bridgehead atoms. The Balaban J connectivity index is 1.62. The largest absolute Gasteiger partial charge is 0.421 e. The zero-order valence-electron chi connectivity index (χ0n) is 13.8. The second-order valence-electron chi connectivity index (χ2n) is 6.18. The third-order valence-corrected chi connectivity index (χ3v) is 5.76. The van der Waals surface area contributed by atoms with Crippen LogP contribution >= 0.6 is 11.8 Å². The Bertz CT molecular complexity index is 757. The lowest BCUT2D eigenvalue weighted by Crippen LogP contribution is -2.45. The van der Waals surface area contributed by atoms with Crippen molar-refractivity contribution in [3.63, 3.8) is 0 Å². The molecule has 1 aliphatic rings. The van der Waals surface area contributed by atoms with Gasteiger partial charge in [-0.05, 0) is 23.6 Å². The normalized spacial score (nSPS) is 18.8. The summed E-state index contributed by atoms with van der Waals surface area (Å²) in [7, 11) is 0. The molecule has 0 saturated heterocycles. The Morgan fingerprint density at radius 1 is 1.12 bits per heavy atom.